The summed E-state index contributed by atoms with van der Waals surface area (Å²) < 4.78 is 11.8. The van der Waals surface area contributed by atoms with E-state index in [2.05, 4.69) is 51.8 Å². The third-order valence-electron chi connectivity index (χ3n) is 2.00. The Morgan fingerprint density at radius 3 is 2.16 bits per heavy atom. The van der Waals surface area contributed by atoms with Crippen molar-refractivity contribution in [2.45, 2.75) is 6.92 Å². The second-order valence-corrected chi connectivity index (χ2v) is 6.20. The molecule has 0 atom stereocenters. The average molecular weight is 486 g/mol. The maximum Gasteiger partial charge on any atom is 0.338 e. The van der Waals surface area contributed by atoms with Gasteiger partial charge in [0.05, 0.1) is 5.56 Å². The SMILES string of the molecule is C=C(C)C(=O)OCCOC(=O)c1cc(I)cc(I)c1. The van der Waals surface area contributed by atoms with Gasteiger partial charge >= 0.3 is 11.9 Å². The van der Waals surface area contributed by atoms with Gasteiger partial charge < -0.3 is 9.47 Å². The molecule has 19 heavy (non-hydrogen) atoms. The molecule has 102 valence electrons. The van der Waals surface area contributed by atoms with Crippen molar-refractivity contribution in [3.8, 4) is 0 Å². The van der Waals surface area contributed by atoms with Crippen molar-refractivity contribution in [2.24, 2.45) is 0 Å². The minimum atomic E-state index is -0.486. The number of carbonyl (C=O) groups is 2. The van der Waals surface area contributed by atoms with Crippen LogP contribution in [0.15, 0.2) is 30.4 Å². The van der Waals surface area contributed by atoms with E-state index < -0.39 is 11.9 Å². The Bertz CT molecular complexity index is 491. The molecule has 0 aliphatic rings. The monoisotopic (exact) mass is 486 g/mol. The average Bonchev–Trinajstić information content (AvgIpc) is 2.32. The molecule has 1 aromatic carbocycles. The van der Waals surface area contributed by atoms with E-state index in [1.165, 1.54) is 0 Å². The lowest BCUT2D eigenvalue weighted by atomic mass is 10.2. The second-order valence-electron chi connectivity index (χ2n) is 3.71. The highest BCUT2D eigenvalue weighted by Crippen LogP contribution is 2.15. The van der Waals surface area contributed by atoms with E-state index in [0.29, 0.717) is 11.1 Å². The first-order chi connectivity index (χ1) is 8.90. The molecule has 0 unspecified atom stereocenters. The van der Waals surface area contributed by atoms with E-state index in [4.69, 9.17) is 9.47 Å². The van der Waals surface area contributed by atoms with Gasteiger partial charge in [0, 0.05) is 12.7 Å². The zero-order valence-electron chi connectivity index (χ0n) is 10.2. The van der Waals surface area contributed by atoms with Gasteiger partial charge in [-0.05, 0) is 70.3 Å². The molecule has 0 N–H and O–H groups in total. The first kappa shape index (κ1) is 16.4. The standard InChI is InChI=1S/C13H12I2O4/c1-8(2)12(16)18-3-4-19-13(17)9-5-10(14)7-11(15)6-9/h5-7H,1,3-4H2,2H3. The fourth-order valence-electron chi connectivity index (χ4n) is 1.15. The van der Waals surface area contributed by atoms with Gasteiger partial charge in [0.2, 0.25) is 0 Å². The summed E-state index contributed by atoms with van der Waals surface area (Å²) in [7, 11) is 0. The van der Waals surface area contributed by atoms with E-state index in [1.807, 2.05) is 6.07 Å². The summed E-state index contributed by atoms with van der Waals surface area (Å²) in [4.78, 5) is 22.8. The fraction of sp³-hybridized carbons (Fsp3) is 0.231. The Balaban J connectivity index is 2.43. The maximum absolute atomic E-state index is 11.7. The highest BCUT2D eigenvalue weighted by Gasteiger charge is 2.09. The zero-order valence-corrected chi connectivity index (χ0v) is 14.6. The number of halogens is 2. The molecule has 0 saturated heterocycles. The Morgan fingerprint density at radius 2 is 1.63 bits per heavy atom. The molecule has 0 aliphatic carbocycles. The number of esters is 2. The predicted molar refractivity (Wildman–Crippen MR) is 87.9 cm³/mol. The molecular weight excluding hydrogens is 474 g/mol. The van der Waals surface area contributed by atoms with Crippen LogP contribution in [0, 0.1) is 7.14 Å². The van der Waals surface area contributed by atoms with E-state index >= 15 is 0 Å². The molecule has 1 aromatic rings. The van der Waals surface area contributed by atoms with Crippen molar-refractivity contribution in [2.75, 3.05) is 13.2 Å². The van der Waals surface area contributed by atoms with Gasteiger partial charge in [-0.2, -0.15) is 0 Å². The smallest absolute Gasteiger partial charge is 0.338 e. The van der Waals surface area contributed by atoms with Gasteiger partial charge in [-0.25, -0.2) is 9.59 Å². The fourth-order valence-corrected chi connectivity index (χ4v) is 3.08. The Kier molecular flexibility index (Phi) is 6.76. The first-order valence-corrected chi connectivity index (χ1v) is 7.51. The Labute approximate surface area is 138 Å². The lowest BCUT2D eigenvalue weighted by Crippen LogP contribution is -2.14. The van der Waals surface area contributed by atoms with Gasteiger partial charge in [-0.1, -0.05) is 6.58 Å². The topological polar surface area (TPSA) is 52.6 Å². The summed E-state index contributed by atoms with van der Waals surface area (Å²) in [6, 6.07) is 5.43. The van der Waals surface area contributed by atoms with E-state index in [9.17, 15) is 9.59 Å². The highest BCUT2D eigenvalue weighted by atomic mass is 127. The van der Waals surface area contributed by atoms with Crippen LogP contribution in [-0.4, -0.2) is 25.2 Å². The number of benzene rings is 1. The lowest BCUT2D eigenvalue weighted by molar-refractivity contribution is -0.140. The van der Waals surface area contributed by atoms with Crippen LogP contribution in [0.5, 0.6) is 0 Å². The number of carbonyl (C=O) groups excluding carboxylic acids is 2. The second kappa shape index (κ2) is 7.83. The predicted octanol–water partition coefficient (Wildman–Crippen LogP) is 3.17. The van der Waals surface area contributed by atoms with Crippen molar-refractivity contribution >= 4 is 57.1 Å². The molecule has 0 amide bonds. The van der Waals surface area contributed by atoms with Gasteiger partial charge in [-0.3, -0.25) is 0 Å². The van der Waals surface area contributed by atoms with Crippen LogP contribution < -0.4 is 0 Å². The molecule has 0 saturated carbocycles. The Hall–Kier alpha value is -0.640. The molecule has 0 aromatic heterocycles. The van der Waals surface area contributed by atoms with Gasteiger partial charge in [0.25, 0.3) is 0 Å². The minimum absolute atomic E-state index is 0.0262. The van der Waals surface area contributed by atoms with Crippen molar-refractivity contribution < 1.29 is 19.1 Å². The van der Waals surface area contributed by atoms with Gasteiger partial charge in [0.1, 0.15) is 13.2 Å². The van der Waals surface area contributed by atoms with Crippen LogP contribution in [0.3, 0.4) is 0 Å². The zero-order chi connectivity index (χ0) is 14.4. The number of ether oxygens (including phenoxy) is 2. The number of hydrogen-bond acceptors (Lipinski definition) is 4. The molecule has 6 heteroatoms. The van der Waals surface area contributed by atoms with Gasteiger partial charge in [-0.15, -0.1) is 0 Å². The lowest BCUT2D eigenvalue weighted by Gasteiger charge is -2.07. The van der Waals surface area contributed by atoms with Crippen LogP contribution in [0.2, 0.25) is 0 Å². The van der Waals surface area contributed by atoms with Gasteiger partial charge in [0.15, 0.2) is 0 Å². The normalized spacial score (nSPS) is 9.84. The summed E-state index contributed by atoms with van der Waals surface area (Å²) in [5.74, 6) is -0.914. The largest absolute Gasteiger partial charge is 0.459 e. The molecule has 0 bridgehead atoms. The molecule has 0 aliphatic heterocycles. The van der Waals surface area contributed by atoms with Crippen LogP contribution >= 0.6 is 45.2 Å². The molecule has 0 spiro atoms. The van der Waals surface area contributed by atoms with Crippen molar-refractivity contribution in [1.29, 1.82) is 0 Å². The summed E-state index contributed by atoms with van der Waals surface area (Å²) in [5, 5.41) is 0. The van der Waals surface area contributed by atoms with E-state index in [-0.39, 0.29) is 13.2 Å². The molecule has 4 nitrogen and oxygen atoms in total. The minimum Gasteiger partial charge on any atom is -0.459 e. The summed E-state index contributed by atoms with van der Waals surface area (Å²) >= 11 is 4.27. The Morgan fingerprint density at radius 1 is 1.11 bits per heavy atom. The summed E-state index contributed by atoms with van der Waals surface area (Å²) in [6.45, 7) is 5.06. The van der Waals surface area contributed by atoms with Crippen molar-refractivity contribution in [3.05, 3.63) is 43.1 Å². The van der Waals surface area contributed by atoms with Crippen LogP contribution in [0.1, 0.15) is 17.3 Å². The molecule has 1 rings (SSSR count). The van der Waals surface area contributed by atoms with E-state index in [1.54, 1.807) is 19.1 Å². The summed E-state index contributed by atoms with van der Waals surface area (Å²) in [5.41, 5.74) is 0.807. The third-order valence-corrected chi connectivity index (χ3v) is 3.24. The first-order valence-electron chi connectivity index (χ1n) is 5.36. The molecule has 0 fully saturated rings. The van der Waals surface area contributed by atoms with E-state index in [0.717, 1.165) is 7.14 Å². The van der Waals surface area contributed by atoms with Crippen molar-refractivity contribution in [1.82, 2.24) is 0 Å². The number of rotatable bonds is 5. The molecular formula is C13H12I2O4. The van der Waals surface area contributed by atoms with Crippen LogP contribution in [0.25, 0.3) is 0 Å². The van der Waals surface area contributed by atoms with Crippen LogP contribution in [-0.2, 0) is 14.3 Å². The quantitative estimate of drug-likeness (QED) is 0.278. The van der Waals surface area contributed by atoms with Crippen LogP contribution in [0.4, 0.5) is 0 Å². The molecule has 0 radical (unpaired) electrons. The third kappa shape index (κ3) is 5.89. The van der Waals surface area contributed by atoms with Crippen molar-refractivity contribution in [3.63, 3.8) is 0 Å². The highest BCUT2D eigenvalue weighted by molar-refractivity contribution is 14.1. The maximum atomic E-state index is 11.7. The summed E-state index contributed by atoms with van der Waals surface area (Å²) in [6.07, 6.45) is 0. The number of hydrogen-bond donors (Lipinski definition) is 0. The molecule has 0 heterocycles.